The maximum Gasteiger partial charge on any atom is 0.0475 e. The van der Waals surface area contributed by atoms with Crippen LogP contribution in [0.3, 0.4) is 0 Å². The molecule has 2 N–H and O–H groups in total. The van der Waals surface area contributed by atoms with Gasteiger partial charge in [0.05, 0.1) is 0 Å². The van der Waals surface area contributed by atoms with Gasteiger partial charge in [0.15, 0.2) is 0 Å². The Balaban J connectivity index is 2.22. The first-order chi connectivity index (χ1) is 3.83. The van der Waals surface area contributed by atoms with Gasteiger partial charge in [-0.25, -0.2) is 0 Å². The van der Waals surface area contributed by atoms with E-state index in [2.05, 4.69) is 4.90 Å². The van der Waals surface area contributed by atoms with Crippen molar-refractivity contribution in [3.8, 4) is 0 Å². The summed E-state index contributed by atoms with van der Waals surface area (Å²) in [5, 5.41) is 0.346. The maximum atomic E-state index is 5.79. The zero-order valence-corrected chi connectivity index (χ0v) is 5.56. The van der Waals surface area contributed by atoms with E-state index in [4.69, 9.17) is 17.3 Å². The van der Waals surface area contributed by atoms with E-state index in [1.807, 2.05) is 0 Å². The summed E-state index contributed by atoms with van der Waals surface area (Å²) < 4.78 is 0. The van der Waals surface area contributed by atoms with Gasteiger partial charge in [-0.1, -0.05) is 0 Å². The normalized spacial score (nSPS) is 31.5. The number of likely N-dealkylation sites (tertiary alicyclic amines) is 1. The Morgan fingerprint density at radius 3 is 2.75 bits per heavy atom. The Hall–Kier alpha value is 0.210. The third-order valence-electron chi connectivity index (χ3n) is 1.47. The zero-order valence-electron chi connectivity index (χ0n) is 4.81. The summed E-state index contributed by atoms with van der Waals surface area (Å²) in [5.74, 6) is 0. The molecule has 1 saturated heterocycles. The third-order valence-corrected chi connectivity index (χ3v) is 1.83. The van der Waals surface area contributed by atoms with Crippen molar-refractivity contribution in [1.82, 2.24) is 4.90 Å². The molecule has 1 heterocycles. The second-order valence-corrected chi connectivity index (χ2v) is 2.76. The molecule has 0 aromatic carbocycles. The fourth-order valence-electron chi connectivity index (χ4n) is 0.951. The van der Waals surface area contributed by atoms with Crippen molar-refractivity contribution in [2.24, 2.45) is 5.73 Å². The minimum absolute atomic E-state index is 0.346. The Kier molecular flexibility index (Phi) is 2.11. The maximum absolute atomic E-state index is 5.79. The Morgan fingerprint density at radius 1 is 1.75 bits per heavy atom. The molecule has 0 spiro atoms. The molecule has 0 aliphatic carbocycles. The molecule has 1 unspecified atom stereocenters. The predicted octanol–water partition coefficient (Wildman–Crippen LogP) is 0.216. The van der Waals surface area contributed by atoms with E-state index in [1.54, 1.807) is 0 Å². The SMILES string of the molecule is NCN1CCC(Cl)C1. The Labute approximate surface area is 54.6 Å². The molecule has 0 aromatic heterocycles. The fraction of sp³-hybridized carbons (Fsp3) is 1.00. The summed E-state index contributed by atoms with van der Waals surface area (Å²) in [6.45, 7) is 2.70. The van der Waals surface area contributed by atoms with Crippen LogP contribution < -0.4 is 5.73 Å². The molecule has 3 heteroatoms. The topological polar surface area (TPSA) is 29.3 Å². The van der Waals surface area contributed by atoms with Crippen LogP contribution in [-0.2, 0) is 0 Å². The van der Waals surface area contributed by atoms with E-state index < -0.39 is 0 Å². The molecule has 0 radical (unpaired) electrons. The number of nitrogens with zero attached hydrogens (tertiary/aromatic N) is 1. The van der Waals surface area contributed by atoms with Gasteiger partial charge in [-0.15, -0.1) is 11.6 Å². The molecule has 48 valence electrons. The van der Waals surface area contributed by atoms with Crippen molar-refractivity contribution in [1.29, 1.82) is 0 Å². The molecule has 1 aliphatic rings. The average Bonchev–Trinajstić information content (AvgIpc) is 2.14. The lowest BCUT2D eigenvalue weighted by Gasteiger charge is -2.09. The summed E-state index contributed by atoms with van der Waals surface area (Å²) in [6, 6.07) is 0. The number of halogens is 1. The highest BCUT2D eigenvalue weighted by molar-refractivity contribution is 6.20. The molecule has 0 aromatic rings. The van der Waals surface area contributed by atoms with E-state index in [0.717, 1.165) is 19.5 Å². The van der Waals surface area contributed by atoms with Gasteiger partial charge in [0.1, 0.15) is 0 Å². The minimum Gasteiger partial charge on any atom is -0.318 e. The van der Waals surface area contributed by atoms with Gasteiger partial charge in [0.25, 0.3) is 0 Å². The second-order valence-electron chi connectivity index (χ2n) is 2.15. The zero-order chi connectivity index (χ0) is 5.98. The molecule has 1 rings (SSSR count). The predicted molar refractivity (Wildman–Crippen MR) is 34.9 cm³/mol. The second kappa shape index (κ2) is 2.67. The van der Waals surface area contributed by atoms with Gasteiger partial charge in [0, 0.05) is 25.1 Å². The summed E-state index contributed by atoms with van der Waals surface area (Å²) in [7, 11) is 0. The van der Waals surface area contributed by atoms with Crippen molar-refractivity contribution < 1.29 is 0 Å². The third kappa shape index (κ3) is 1.34. The van der Waals surface area contributed by atoms with Crippen LogP contribution >= 0.6 is 11.6 Å². The van der Waals surface area contributed by atoms with Crippen LogP contribution in [0.5, 0.6) is 0 Å². The van der Waals surface area contributed by atoms with Gasteiger partial charge in [-0.05, 0) is 6.42 Å². The molecule has 0 saturated carbocycles. The molecule has 0 amide bonds. The lowest BCUT2D eigenvalue weighted by Crippen LogP contribution is -2.27. The minimum atomic E-state index is 0.346. The number of hydrogen-bond acceptors (Lipinski definition) is 2. The van der Waals surface area contributed by atoms with Crippen molar-refractivity contribution >= 4 is 11.6 Å². The van der Waals surface area contributed by atoms with E-state index >= 15 is 0 Å². The molecular weight excluding hydrogens is 124 g/mol. The van der Waals surface area contributed by atoms with E-state index in [1.165, 1.54) is 0 Å². The van der Waals surface area contributed by atoms with E-state index in [0.29, 0.717) is 12.0 Å². The Bertz CT molecular complexity index is 76.8. The highest BCUT2D eigenvalue weighted by Gasteiger charge is 2.17. The molecule has 1 aliphatic heterocycles. The number of alkyl halides is 1. The largest absolute Gasteiger partial charge is 0.318 e. The average molecular weight is 135 g/mol. The van der Waals surface area contributed by atoms with Gasteiger partial charge in [-0.3, -0.25) is 4.90 Å². The lowest BCUT2D eigenvalue weighted by molar-refractivity contribution is 0.350. The Morgan fingerprint density at radius 2 is 2.50 bits per heavy atom. The lowest BCUT2D eigenvalue weighted by atomic mass is 10.4. The van der Waals surface area contributed by atoms with E-state index in [-0.39, 0.29) is 0 Å². The molecular formula is C5H11ClN2. The summed E-state index contributed by atoms with van der Waals surface area (Å²) >= 11 is 5.79. The van der Waals surface area contributed by atoms with Crippen LogP contribution in [0.1, 0.15) is 6.42 Å². The fourth-order valence-corrected chi connectivity index (χ4v) is 1.24. The summed E-state index contributed by atoms with van der Waals surface area (Å²) in [4.78, 5) is 2.15. The number of rotatable bonds is 1. The van der Waals surface area contributed by atoms with Crippen LogP contribution in [0.25, 0.3) is 0 Å². The molecule has 0 bridgehead atoms. The molecule has 2 nitrogen and oxygen atoms in total. The van der Waals surface area contributed by atoms with E-state index in [9.17, 15) is 0 Å². The molecule has 8 heavy (non-hydrogen) atoms. The highest BCUT2D eigenvalue weighted by atomic mass is 35.5. The first-order valence-corrected chi connectivity index (χ1v) is 3.33. The summed E-state index contributed by atoms with van der Waals surface area (Å²) in [5.41, 5.74) is 5.36. The van der Waals surface area contributed by atoms with Crippen molar-refractivity contribution in [2.75, 3.05) is 19.8 Å². The quantitative estimate of drug-likeness (QED) is 0.520. The van der Waals surface area contributed by atoms with Crippen molar-refractivity contribution in [3.63, 3.8) is 0 Å². The standard InChI is InChI=1S/C5H11ClN2/c6-5-1-2-8(3-5)4-7/h5H,1-4,7H2. The number of nitrogens with two attached hydrogens (primary N) is 1. The monoisotopic (exact) mass is 134 g/mol. The van der Waals surface area contributed by atoms with Crippen LogP contribution in [0.15, 0.2) is 0 Å². The van der Waals surface area contributed by atoms with Gasteiger partial charge in [-0.2, -0.15) is 0 Å². The smallest absolute Gasteiger partial charge is 0.0475 e. The van der Waals surface area contributed by atoms with Crippen LogP contribution in [0.2, 0.25) is 0 Å². The first-order valence-electron chi connectivity index (χ1n) is 2.89. The van der Waals surface area contributed by atoms with Crippen LogP contribution in [0.4, 0.5) is 0 Å². The molecule has 1 atom stereocenters. The van der Waals surface area contributed by atoms with Gasteiger partial charge in [0.2, 0.25) is 0 Å². The first kappa shape index (κ1) is 6.33. The highest BCUT2D eigenvalue weighted by Crippen LogP contribution is 2.12. The number of hydrogen-bond donors (Lipinski definition) is 1. The molecule has 1 fully saturated rings. The van der Waals surface area contributed by atoms with Crippen molar-refractivity contribution in [3.05, 3.63) is 0 Å². The van der Waals surface area contributed by atoms with Crippen LogP contribution in [0, 0.1) is 0 Å². The van der Waals surface area contributed by atoms with Crippen LogP contribution in [-0.4, -0.2) is 30.0 Å². The van der Waals surface area contributed by atoms with Gasteiger partial charge < -0.3 is 5.73 Å². The summed E-state index contributed by atoms with van der Waals surface area (Å²) in [6.07, 6.45) is 1.10. The van der Waals surface area contributed by atoms with Gasteiger partial charge >= 0.3 is 0 Å². The van der Waals surface area contributed by atoms with Crippen molar-refractivity contribution in [2.45, 2.75) is 11.8 Å².